The molecule has 0 aliphatic rings. The molecule has 0 amide bonds. The number of aromatic amines is 1. The lowest BCUT2D eigenvalue weighted by Gasteiger charge is -2.07. The molecule has 0 atom stereocenters. The standard InChI is InChI=1S/C11H11N11O2/c1-24-20-6-4-7(17-10(12)16-6)21(2-14-4)22-3-15-5-8(22)18-11(13)19-9(5)23/h2-3H,1H3,(H3,12,16,17,20)(H3,13,18,19,23). The van der Waals surface area contributed by atoms with Crippen molar-refractivity contribution in [2.75, 3.05) is 24.1 Å². The molecule has 0 unspecified atom stereocenters. The molecule has 0 aromatic carbocycles. The number of hydrogen-bond donors (Lipinski definition) is 4. The van der Waals surface area contributed by atoms with Gasteiger partial charge < -0.3 is 11.5 Å². The lowest BCUT2D eigenvalue weighted by atomic mass is 10.5. The third-order valence-corrected chi connectivity index (χ3v) is 3.24. The van der Waals surface area contributed by atoms with Crippen LogP contribution < -0.4 is 22.5 Å². The van der Waals surface area contributed by atoms with Crippen molar-refractivity contribution >= 4 is 40.0 Å². The van der Waals surface area contributed by atoms with Crippen molar-refractivity contribution in [1.82, 2.24) is 39.3 Å². The van der Waals surface area contributed by atoms with Crippen LogP contribution in [0.5, 0.6) is 0 Å². The van der Waals surface area contributed by atoms with Crippen molar-refractivity contribution in [2.45, 2.75) is 0 Å². The van der Waals surface area contributed by atoms with Crippen molar-refractivity contribution in [1.29, 1.82) is 0 Å². The summed E-state index contributed by atoms with van der Waals surface area (Å²) in [5.41, 5.74) is 14.6. The van der Waals surface area contributed by atoms with E-state index in [1.807, 2.05) is 0 Å². The quantitative estimate of drug-likeness (QED) is 0.330. The fourth-order valence-corrected chi connectivity index (χ4v) is 2.30. The van der Waals surface area contributed by atoms with E-state index in [0.29, 0.717) is 17.0 Å². The maximum Gasteiger partial charge on any atom is 0.280 e. The molecule has 0 fully saturated rings. The molecule has 0 saturated carbocycles. The first kappa shape index (κ1) is 13.9. The second kappa shape index (κ2) is 4.88. The summed E-state index contributed by atoms with van der Waals surface area (Å²) >= 11 is 0. The van der Waals surface area contributed by atoms with E-state index in [4.69, 9.17) is 16.3 Å². The van der Waals surface area contributed by atoms with E-state index < -0.39 is 5.56 Å². The summed E-state index contributed by atoms with van der Waals surface area (Å²) in [6.07, 6.45) is 2.86. The molecule has 4 heterocycles. The highest BCUT2D eigenvalue weighted by Gasteiger charge is 2.16. The Morgan fingerprint density at radius 1 is 1.08 bits per heavy atom. The van der Waals surface area contributed by atoms with Gasteiger partial charge in [-0.15, -0.1) is 0 Å². The summed E-state index contributed by atoms with van der Waals surface area (Å²) in [6.45, 7) is 0. The van der Waals surface area contributed by atoms with Crippen molar-refractivity contribution < 1.29 is 4.84 Å². The SMILES string of the molecule is CONc1nc(N)nc2c1ncn2-n1cnc2c(=O)[nH]c(N)nc21. The zero-order chi connectivity index (χ0) is 16.8. The minimum Gasteiger partial charge on any atom is -0.369 e. The summed E-state index contributed by atoms with van der Waals surface area (Å²) in [6, 6.07) is 0. The Labute approximate surface area is 132 Å². The van der Waals surface area contributed by atoms with E-state index in [2.05, 4.69) is 35.4 Å². The fourth-order valence-electron chi connectivity index (χ4n) is 2.30. The summed E-state index contributed by atoms with van der Waals surface area (Å²) < 4.78 is 2.98. The third kappa shape index (κ3) is 1.92. The number of nitrogens with zero attached hydrogens (tertiary/aromatic N) is 7. The van der Waals surface area contributed by atoms with Gasteiger partial charge in [-0.1, -0.05) is 0 Å². The van der Waals surface area contributed by atoms with Gasteiger partial charge in [-0.25, -0.2) is 24.8 Å². The topological polar surface area (TPSA) is 180 Å². The monoisotopic (exact) mass is 329 g/mol. The highest BCUT2D eigenvalue weighted by Crippen LogP contribution is 2.20. The molecule has 13 heteroatoms. The Morgan fingerprint density at radius 3 is 2.46 bits per heavy atom. The molecule has 4 rings (SSSR count). The van der Waals surface area contributed by atoms with Gasteiger partial charge in [0.25, 0.3) is 5.56 Å². The van der Waals surface area contributed by atoms with Crippen LogP contribution in [-0.4, -0.2) is 46.4 Å². The molecule has 0 aliphatic heterocycles. The lowest BCUT2D eigenvalue weighted by molar-refractivity contribution is 0.269. The van der Waals surface area contributed by atoms with E-state index in [0.717, 1.165) is 0 Å². The summed E-state index contributed by atoms with van der Waals surface area (Å²) in [7, 11) is 1.43. The first-order chi connectivity index (χ1) is 11.6. The second-order valence-corrected chi connectivity index (χ2v) is 4.71. The van der Waals surface area contributed by atoms with Crippen molar-refractivity contribution in [3.8, 4) is 0 Å². The lowest BCUT2D eigenvalue weighted by Crippen LogP contribution is -2.14. The highest BCUT2D eigenvalue weighted by atomic mass is 16.6. The van der Waals surface area contributed by atoms with Gasteiger partial charge in [0.1, 0.15) is 12.7 Å². The van der Waals surface area contributed by atoms with E-state index in [1.165, 1.54) is 29.1 Å². The average molecular weight is 329 g/mol. The number of nitrogens with two attached hydrogens (primary N) is 2. The van der Waals surface area contributed by atoms with Crippen LogP contribution in [0.3, 0.4) is 0 Å². The van der Waals surface area contributed by atoms with Gasteiger partial charge in [-0.2, -0.15) is 15.0 Å². The highest BCUT2D eigenvalue weighted by molar-refractivity contribution is 5.84. The molecule has 0 bridgehead atoms. The van der Waals surface area contributed by atoms with Gasteiger partial charge in [0.15, 0.2) is 28.1 Å². The second-order valence-electron chi connectivity index (χ2n) is 4.71. The van der Waals surface area contributed by atoms with Crippen LogP contribution in [0.1, 0.15) is 0 Å². The molecule has 0 aliphatic carbocycles. The summed E-state index contributed by atoms with van der Waals surface area (Å²) in [4.78, 5) is 39.7. The van der Waals surface area contributed by atoms with Crippen LogP contribution in [0.2, 0.25) is 0 Å². The molecule has 0 saturated heterocycles. The van der Waals surface area contributed by atoms with Crippen LogP contribution in [0.25, 0.3) is 22.3 Å². The van der Waals surface area contributed by atoms with Crippen molar-refractivity contribution in [3.63, 3.8) is 0 Å². The van der Waals surface area contributed by atoms with E-state index in [9.17, 15) is 4.79 Å². The molecular weight excluding hydrogens is 318 g/mol. The fraction of sp³-hybridized carbons (Fsp3) is 0.0909. The van der Waals surface area contributed by atoms with E-state index in [-0.39, 0.29) is 23.1 Å². The van der Waals surface area contributed by atoms with Gasteiger partial charge in [0, 0.05) is 0 Å². The first-order valence-electron chi connectivity index (χ1n) is 6.61. The summed E-state index contributed by atoms with van der Waals surface area (Å²) in [5, 5.41) is 0. The van der Waals surface area contributed by atoms with Crippen LogP contribution in [0.4, 0.5) is 17.7 Å². The Kier molecular flexibility index (Phi) is 2.83. The van der Waals surface area contributed by atoms with E-state index in [1.54, 1.807) is 0 Å². The van der Waals surface area contributed by atoms with Gasteiger partial charge in [0.2, 0.25) is 11.9 Å². The maximum atomic E-state index is 11.9. The molecule has 4 aromatic rings. The van der Waals surface area contributed by atoms with Crippen LogP contribution in [0, 0.1) is 0 Å². The van der Waals surface area contributed by atoms with Crippen LogP contribution >= 0.6 is 0 Å². The number of rotatable bonds is 3. The first-order valence-corrected chi connectivity index (χ1v) is 6.61. The van der Waals surface area contributed by atoms with E-state index >= 15 is 0 Å². The predicted molar refractivity (Wildman–Crippen MR) is 83.7 cm³/mol. The Hall–Kier alpha value is -3.74. The number of H-pyrrole nitrogens is 1. The van der Waals surface area contributed by atoms with Crippen molar-refractivity contribution in [3.05, 3.63) is 23.0 Å². The Bertz CT molecular complexity index is 1120. The number of hydrogen-bond acceptors (Lipinski definition) is 10. The molecule has 0 radical (unpaired) electrons. The van der Waals surface area contributed by atoms with Gasteiger partial charge >= 0.3 is 0 Å². The maximum absolute atomic E-state index is 11.9. The minimum absolute atomic E-state index is 0.0125. The minimum atomic E-state index is -0.448. The number of fused-ring (bicyclic) bond motifs is 2. The van der Waals surface area contributed by atoms with Crippen molar-refractivity contribution in [2.24, 2.45) is 0 Å². The normalized spacial score (nSPS) is 11.4. The number of imidazole rings is 2. The van der Waals surface area contributed by atoms with Crippen LogP contribution in [-0.2, 0) is 4.84 Å². The largest absolute Gasteiger partial charge is 0.369 e. The third-order valence-electron chi connectivity index (χ3n) is 3.24. The smallest absolute Gasteiger partial charge is 0.280 e. The number of nitrogens with one attached hydrogen (secondary N) is 2. The Balaban J connectivity index is 2.03. The summed E-state index contributed by atoms with van der Waals surface area (Å²) in [5.74, 6) is 0.279. The molecule has 6 N–H and O–H groups in total. The molecular formula is C11H11N11O2. The number of nitrogen functional groups attached to an aromatic ring is 2. The van der Waals surface area contributed by atoms with Gasteiger partial charge in [0.05, 0.1) is 7.11 Å². The zero-order valence-corrected chi connectivity index (χ0v) is 12.3. The average Bonchev–Trinajstić information content (AvgIpc) is 3.11. The molecule has 13 nitrogen and oxygen atoms in total. The predicted octanol–water partition coefficient (Wildman–Crippen LogP) is -1.29. The molecule has 0 spiro atoms. The zero-order valence-electron chi connectivity index (χ0n) is 12.3. The molecule has 24 heavy (non-hydrogen) atoms. The number of aromatic nitrogens is 8. The Morgan fingerprint density at radius 2 is 1.75 bits per heavy atom. The molecule has 122 valence electrons. The van der Waals surface area contributed by atoms with Gasteiger partial charge in [-0.3, -0.25) is 14.6 Å². The van der Waals surface area contributed by atoms with Gasteiger partial charge in [-0.05, 0) is 0 Å². The molecule has 4 aromatic heterocycles. The van der Waals surface area contributed by atoms with Crippen LogP contribution in [0.15, 0.2) is 17.4 Å². The number of anilines is 3.